The fraction of sp³-hybridized carbons (Fsp3) is 0.571. The van der Waals surface area contributed by atoms with Crippen molar-refractivity contribution in [2.45, 2.75) is 33.2 Å². The average molecular weight is 265 g/mol. The van der Waals surface area contributed by atoms with Crippen molar-refractivity contribution in [1.82, 2.24) is 15.6 Å². The van der Waals surface area contributed by atoms with Crippen LogP contribution in [-0.2, 0) is 6.42 Å². The van der Waals surface area contributed by atoms with Crippen molar-refractivity contribution in [3.8, 4) is 0 Å². The number of rotatable bonds is 6. The molecule has 5 heteroatoms. The Balaban J connectivity index is 2.30. The maximum Gasteiger partial charge on any atom is 0.315 e. The number of urea groups is 1. The molecular formula is C14H23N3O2. The molecule has 0 aliphatic carbocycles. The summed E-state index contributed by atoms with van der Waals surface area (Å²) in [5.74, 6) is 0.0493. The molecule has 1 aromatic rings. The number of amides is 2. The molecule has 0 aromatic carbocycles. The monoisotopic (exact) mass is 265 g/mol. The van der Waals surface area contributed by atoms with Gasteiger partial charge >= 0.3 is 6.03 Å². The van der Waals surface area contributed by atoms with Crippen LogP contribution in [0, 0.1) is 12.8 Å². The highest BCUT2D eigenvalue weighted by molar-refractivity contribution is 5.74. The van der Waals surface area contributed by atoms with Crippen LogP contribution in [0.2, 0.25) is 0 Å². The third-order valence-corrected chi connectivity index (χ3v) is 3.32. The summed E-state index contributed by atoms with van der Waals surface area (Å²) in [7, 11) is 0. The summed E-state index contributed by atoms with van der Waals surface area (Å²) < 4.78 is 0. The summed E-state index contributed by atoms with van der Waals surface area (Å²) in [5, 5.41) is 14.6. The topological polar surface area (TPSA) is 74.2 Å². The molecule has 5 nitrogen and oxygen atoms in total. The van der Waals surface area contributed by atoms with Crippen LogP contribution < -0.4 is 10.6 Å². The third-order valence-electron chi connectivity index (χ3n) is 3.32. The Morgan fingerprint density at radius 1 is 1.47 bits per heavy atom. The molecule has 3 N–H and O–H groups in total. The predicted molar refractivity (Wildman–Crippen MR) is 74.9 cm³/mol. The molecule has 0 aliphatic heterocycles. The average Bonchev–Trinajstić information content (AvgIpc) is 2.40. The van der Waals surface area contributed by atoms with Gasteiger partial charge in [-0.2, -0.15) is 0 Å². The lowest BCUT2D eigenvalue weighted by atomic mass is 10.1. The molecule has 2 atom stereocenters. The lowest BCUT2D eigenvalue weighted by Crippen LogP contribution is -2.44. The van der Waals surface area contributed by atoms with E-state index < -0.39 is 0 Å². The Morgan fingerprint density at radius 3 is 2.84 bits per heavy atom. The molecule has 1 heterocycles. The van der Waals surface area contributed by atoms with Crippen LogP contribution in [0.1, 0.15) is 25.0 Å². The van der Waals surface area contributed by atoms with Crippen molar-refractivity contribution in [2.75, 3.05) is 13.2 Å². The molecule has 1 aromatic heterocycles. The first-order chi connectivity index (χ1) is 9.04. The minimum atomic E-state index is -0.195. The first kappa shape index (κ1) is 15.4. The van der Waals surface area contributed by atoms with E-state index >= 15 is 0 Å². The fourth-order valence-corrected chi connectivity index (χ4v) is 1.65. The maximum atomic E-state index is 11.6. The lowest BCUT2D eigenvalue weighted by molar-refractivity contribution is 0.200. The molecule has 0 spiro atoms. The van der Waals surface area contributed by atoms with E-state index in [1.807, 2.05) is 33.0 Å². The number of nitrogens with one attached hydrogen (secondary N) is 2. The van der Waals surface area contributed by atoms with Gasteiger partial charge < -0.3 is 15.7 Å². The third kappa shape index (κ3) is 5.26. The fourth-order valence-electron chi connectivity index (χ4n) is 1.65. The minimum Gasteiger partial charge on any atom is -0.396 e. The number of aliphatic hydroxyl groups excluding tert-OH is 1. The molecule has 0 radical (unpaired) electrons. The first-order valence-electron chi connectivity index (χ1n) is 6.59. The number of hydrogen-bond acceptors (Lipinski definition) is 3. The van der Waals surface area contributed by atoms with E-state index in [1.54, 1.807) is 6.20 Å². The largest absolute Gasteiger partial charge is 0.396 e. The van der Waals surface area contributed by atoms with Gasteiger partial charge in [0.15, 0.2) is 0 Å². The number of aryl methyl sites for hydroxylation is 1. The molecule has 0 saturated heterocycles. The Labute approximate surface area is 114 Å². The van der Waals surface area contributed by atoms with Crippen LogP contribution in [0.4, 0.5) is 4.79 Å². The number of aromatic nitrogens is 1. The highest BCUT2D eigenvalue weighted by atomic mass is 16.3. The van der Waals surface area contributed by atoms with E-state index in [1.165, 1.54) is 5.56 Å². The van der Waals surface area contributed by atoms with Gasteiger partial charge in [-0.25, -0.2) is 4.79 Å². The van der Waals surface area contributed by atoms with Gasteiger partial charge in [0, 0.05) is 31.6 Å². The number of carbonyl (C=O) groups is 1. The molecule has 0 fully saturated rings. The summed E-state index contributed by atoms with van der Waals surface area (Å²) >= 11 is 0. The Kier molecular flexibility index (Phi) is 6.29. The number of hydrogen-bond donors (Lipinski definition) is 3. The second kappa shape index (κ2) is 7.74. The predicted octanol–water partition coefficient (Wildman–Crippen LogP) is 1.25. The van der Waals surface area contributed by atoms with Gasteiger partial charge in [0.25, 0.3) is 0 Å². The van der Waals surface area contributed by atoms with Crippen LogP contribution in [0.15, 0.2) is 18.5 Å². The van der Waals surface area contributed by atoms with Gasteiger partial charge in [-0.3, -0.25) is 4.98 Å². The summed E-state index contributed by atoms with van der Waals surface area (Å²) in [6.45, 7) is 6.43. The Hall–Kier alpha value is -1.62. The molecule has 19 heavy (non-hydrogen) atoms. The van der Waals surface area contributed by atoms with E-state index in [0.29, 0.717) is 6.54 Å². The normalized spacial score (nSPS) is 13.7. The minimum absolute atomic E-state index is 0.0485. The molecule has 106 valence electrons. The molecule has 0 bridgehead atoms. The zero-order chi connectivity index (χ0) is 14.3. The van der Waals surface area contributed by atoms with E-state index in [-0.39, 0.29) is 24.6 Å². The van der Waals surface area contributed by atoms with Gasteiger partial charge in [-0.05, 0) is 43.4 Å². The maximum absolute atomic E-state index is 11.6. The summed E-state index contributed by atoms with van der Waals surface area (Å²) in [6, 6.07) is 1.72. The van der Waals surface area contributed by atoms with Crippen molar-refractivity contribution in [3.63, 3.8) is 0 Å². The second-order valence-electron chi connectivity index (χ2n) is 4.90. The van der Waals surface area contributed by atoms with Crippen molar-refractivity contribution in [1.29, 1.82) is 0 Å². The summed E-state index contributed by atoms with van der Waals surface area (Å²) in [5.41, 5.74) is 2.32. The zero-order valence-electron chi connectivity index (χ0n) is 11.8. The van der Waals surface area contributed by atoms with Crippen molar-refractivity contribution in [3.05, 3.63) is 29.6 Å². The van der Waals surface area contributed by atoms with Gasteiger partial charge in [-0.15, -0.1) is 0 Å². The molecule has 1 rings (SSSR count). The van der Waals surface area contributed by atoms with Crippen LogP contribution in [0.25, 0.3) is 0 Å². The van der Waals surface area contributed by atoms with E-state index in [0.717, 1.165) is 12.0 Å². The molecule has 0 saturated carbocycles. The highest BCUT2D eigenvalue weighted by Crippen LogP contribution is 2.05. The Bertz CT molecular complexity index is 409. The van der Waals surface area contributed by atoms with Gasteiger partial charge in [0.05, 0.1) is 0 Å². The SMILES string of the molecule is Cc1cnccc1CCNC(=O)NC(C)C(C)CO. The number of pyridine rings is 1. The second-order valence-corrected chi connectivity index (χ2v) is 4.90. The molecule has 2 amide bonds. The Morgan fingerprint density at radius 2 is 2.21 bits per heavy atom. The molecule has 0 aliphatic rings. The standard InChI is InChI=1S/C14H23N3O2/c1-10-8-15-6-4-13(10)5-7-16-14(19)17-12(3)11(2)9-18/h4,6,8,11-12,18H,5,7,9H2,1-3H3,(H2,16,17,19). The quantitative estimate of drug-likeness (QED) is 0.724. The summed E-state index contributed by atoms with van der Waals surface area (Å²) in [6.07, 6.45) is 4.36. The van der Waals surface area contributed by atoms with E-state index in [4.69, 9.17) is 5.11 Å². The number of aliphatic hydroxyl groups is 1. The smallest absolute Gasteiger partial charge is 0.315 e. The van der Waals surface area contributed by atoms with Crippen LogP contribution in [0.3, 0.4) is 0 Å². The highest BCUT2D eigenvalue weighted by Gasteiger charge is 2.13. The van der Waals surface area contributed by atoms with E-state index in [9.17, 15) is 4.79 Å². The molecule has 2 unspecified atom stereocenters. The van der Waals surface area contributed by atoms with Crippen LogP contribution in [-0.4, -0.2) is 35.3 Å². The van der Waals surface area contributed by atoms with Gasteiger partial charge in [-0.1, -0.05) is 6.92 Å². The van der Waals surface area contributed by atoms with E-state index in [2.05, 4.69) is 15.6 Å². The van der Waals surface area contributed by atoms with Gasteiger partial charge in [0.2, 0.25) is 0 Å². The van der Waals surface area contributed by atoms with Crippen molar-refractivity contribution >= 4 is 6.03 Å². The number of nitrogens with zero attached hydrogens (tertiary/aromatic N) is 1. The van der Waals surface area contributed by atoms with Crippen LogP contribution >= 0.6 is 0 Å². The lowest BCUT2D eigenvalue weighted by Gasteiger charge is -2.19. The van der Waals surface area contributed by atoms with Crippen LogP contribution in [0.5, 0.6) is 0 Å². The molecular weight excluding hydrogens is 242 g/mol. The first-order valence-corrected chi connectivity index (χ1v) is 6.59. The number of carbonyl (C=O) groups excluding carboxylic acids is 1. The summed E-state index contributed by atoms with van der Waals surface area (Å²) in [4.78, 5) is 15.7. The van der Waals surface area contributed by atoms with Gasteiger partial charge in [0.1, 0.15) is 0 Å². The van der Waals surface area contributed by atoms with Crippen molar-refractivity contribution in [2.24, 2.45) is 5.92 Å². The van der Waals surface area contributed by atoms with Crippen molar-refractivity contribution < 1.29 is 9.90 Å². The zero-order valence-corrected chi connectivity index (χ0v) is 11.8.